The normalized spacial score (nSPS) is 13.9. The van der Waals surface area contributed by atoms with Gasteiger partial charge in [-0.1, -0.05) is 11.6 Å². The third-order valence-corrected chi connectivity index (χ3v) is 5.16. The van der Waals surface area contributed by atoms with E-state index in [1.165, 1.54) is 19.1 Å². The van der Waals surface area contributed by atoms with Crippen LogP contribution in [0.25, 0.3) is 0 Å². The quantitative estimate of drug-likeness (QED) is 0.396. The summed E-state index contributed by atoms with van der Waals surface area (Å²) < 4.78 is 107. The van der Waals surface area contributed by atoms with Gasteiger partial charge in [0.2, 0.25) is 0 Å². The molecule has 180 valence electrons. The van der Waals surface area contributed by atoms with Crippen molar-refractivity contribution in [3.63, 3.8) is 0 Å². The Balaban J connectivity index is 2.15. The molecule has 0 aliphatic rings. The maximum absolute atomic E-state index is 14.1. The van der Waals surface area contributed by atoms with E-state index in [-0.39, 0.29) is 22.8 Å². The molecular weight excluding hydrogens is 496 g/mol. The first-order valence-corrected chi connectivity index (χ1v) is 9.68. The van der Waals surface area contributed by atoms with Gasteiger partial charge in [-0.25, -0.2) is 8.78 Å². The number of pyridine rings is 1. The van der Waals surface area contributed by atoms with Gasteiger partial charge in [-0.05, 0) is 61.0 Å². The molecule has 0 radical (unpaired) electrons. The first-order valence-electron chi connectivity index (χ1n) is 9.31. The van der Waals surface area contributed by atoms with Crippen LogP contribution in [-0.2, 0) is 17.9 Å². The molecule has 3 aromatic rings. The van der Waals surface area contributed by atoms with E-state index in [4.69, 9.17) is 11.6 Å². The molecule has 34 heavy (non-hydrogen) atoms. The maximum Gasteiger partial charge on any atom is 0.419 e. The number of carbonyl (C=O) groups is 1. The predicted octanol–water partition coefficient (Wildman–Crippen LogP) is 6.74. The molecule has 1 N–H and O–H groups in total. The molecular formula is C22H13ClF8N2O. The van der Waals surface area contributed by atoms with Crippen LogP contribution in [0.3, 0.4) is 0 Å². The second kappa shape index (κ2) is 8.86. The van der Waals surface area contributed by atoms with Gasteiger partial charge in [0.1, 0.15) is 17.2 Å². The average Bonchev–Trinajstić information content (AvgIpc) is 2.72. The Kier molecular flexibility index (Phi) is 6.62. The lowest BCUT2D eigenvalue weighted by molar-refractivity contribution is -0.140. The van der Waals surface area contributed by atoms with Crippen LogP contribution in [0.5, 0.6) is 0 Å². The Morgan fingerprint density at radius 3 is 2.09 bits per heavy atom. The number of alkyl halides is 6. The maximum atomic E-state index is 14.1. The van der Waals surface area contributed by atoms with Crippen LogP contribution in [0.2, 0.25) is 5.02 Å². The molecule has 0 saturated heterocycles. The molecule has 3 nitrogen and oxygen atoms in total. The van der Waals surface area contributed by atoms with Crippen molar-refractivity contribution in [3.05, 3.63) is 99.3 Å². The molecule has 2 aromatic carbocycles. The van der Waals surface area contributed by atoms with Crippen molar-refractivity contribution < 1.29 is 39.9 Å². The molecule has 0 unspecified atom stereocenters. The first-order chi connectivity index (χ1) is 15.6. The first kappa shape index (κ1) is 25.4. The van der Waals surface area contributed by atoms with Crippen molar-refractivity contribution >= 4 is 17.5 Å². The molecule has 1 amide bonds. The Bertz CT molecular complexity index is 1230. The van der Waals surface area contributed by atoms with Crippen molar-refractivity contribution in [2.24, 2.45) is 0 Å². The van der Waals surface area contributed by atoms with E-state index in [1.54, 1.807) is 0 Å². The minimum atomic E-state index is -5.11. The molecule has 1 heterocycles. The van der Waals surface area contributed by atoms with Gasteiger partial charge in [-0.15, -0.1) is 0 Å². The minimum absolute atomic E-state index is 0.0952. The molecule has 0 spiro atoms. The van der Waals surface area contributed by atoms with E-state index in [0.717, 1.165) is 18.3 Å². The number of halogens is 9. The highest BCUT2D eigenvalue weighted by atomic mass is 35.5. The van der Waals surface area contributed by atoms with E-state index in [0.29, 0.717) is 12.1 Å². The topological polar surface area (TPSA) is 42.0 Å². The zero-order valence-electron chi connectivity index (χ0n) is 17.0. The van der Waals surface area contributed by atoms with Crippen molar-refractivity contribution in [3.8, 4) is 0 Å². The summed E-state index contributed by atoms with van der Waals surface area (Å²) in [6.45, 7) is 1.18. The molecule has 0 aliphatic heterocycles. The van der Waals surface area contributed by atoms with Gasteiger partial charge >= 0.3 is 12.4 Å². The standard InChI is InChI=1S/C22H13ClF8N2O/c1-20(18-5-3-14(23)10-32-18,12-7-13(21(26,27)28)9-15(24)8-12)33-19(34)11-2-4-17(25)16(6-11)22(29,30)31/h2-10H,1H3,(H,33,34)/t20-/m0/s1. The molecule has 0 aliphatic carbocycles. The van der Waals surface area contributed by atoms with Crippen molar-refractivity contribution in [2.75, 3.05) is 0 Å². The largest absolute Gasteiger partial charge is 0.419 e. The second-order valence-electron chi connectivity index (χ2n) is 7.36. The molecule has 3 rings (SSSR count). The number of hydrogen-bond acceptors (Lipinski definition) is 2. The molecule has 1 aromatic heterocycles. The number of rotatable bonds is 4. The Hall–Kier alpha value is -3.21. The molecule has 0 fully saturated rings. The fourth-order valence-electron chi connectivity index (χ4n) is 3.18. The number of amides is 1. The number of aromatic nitrogens is 1. The van der Waals surface area contributed by atoms with Crippen LogP contribution in [0, 0.1) is 11.6 Å². The number of hydrogen-bond donors (Lipinski definition) is 1. The van der Waals surface area contributed by atoms with Crippen molar-refractivity contribution in [1.29, 1.82) is 0 Å². The van der Waals surface area contributed by atoms with E-state index in [9.17, 15) is 39.9 Å². The third kappa shape index (κ3) is 5.30. The van der Waals surface area contributed by atoms with Gasteiger partial charge < -0.3 is 5.32 Å². The molecule has 0 bridgehead atoms. The summed E-state index contributed by atoms with van der Waals surface area (Å²) in [5, 5.41) is 2.44. The zero-order chi connectivity index (χ0) is 25.5. The SMILES string of the molecule is C[C@](NC(=O)c1ccc(F)c(C(F)(F)F)c1)(c1cc(F)cc(C(F)(F)F)c1)c1ccc(Cl)cn1. The van der Waals surface area contributed by atoms with Gasteiger partial charge in [-0.2, -0.15) is 26.3 Å². The lowest BCUT2D eigenvalue weighted by Gasteiger charge is -2.32. The highest BCUT2D eigenvalue weighted by molar-refractivity contribution is 6.30. The van der Waals surface area contributed by atoms with E-state index >= 15 is 0 Å². The predicted molar refractivity (Wildman–Crippen MR) is 106 cm³/mol. The number of nitrogens with zero attached hydrogens (tertiary/aromatic N) is 1. The van der Waals surface area contributed by atoms with Crippen LogP contribution in [0.1, 0.15) is 39.7 Å². The summed E-state index contributed by atoms with van der Waals surface area (Å²) >= 11 is 5.79. The van der Waals surface area contributed by atoms with Crippen LogP contribution in [0.4, 0.5) is 35.1 Å². The fourth-order valence-corrected chi connectivity index (χ4v) is 3.29. The summed E-state index contributed by atoms with van der Waals surface area (Å²) in [6.07, 6.45) is -8.93. The third-order valence-electron chi connectivity index (χ3n) is 4.94. The van der Waals surface area contributed by atoms with E-state index in [2.05, 4.69) is 10.3 Å². The van der Waals surface area contributed by atoms with E-state index in [1.807, 2.05) is 0 Å². The summed E-state index contributed by atoms with van der Waals surface area (Å²) in [4.78, 5) is 16.8. The Labute approximate surface area is 192 Å². The summed E-state index contributed by atoms with van der Waals surface area (Å²) in [6, 6.07) is 5.54. The van der Waals surface area contributed by atoms with Crippen LogP contribution in [0.15, 0.2) is 54.7 Å². The van der Waals surface area contributed by atoms with Gasteiger partial charge in [0.05, 0.1) is 21.8 Å². The molecule has 0 saturated carbocycles. The smallest absolute Gasteiger partial charge is 0.337 e. The summed E-state index contributed by atoms with van der Waals surface area (Å²) in [5.41, 5.74) is -6.17. The minimum Gasteiger partial charge on any atom is -0.337 e. The number of nitrogens with one attached hydrogen (secondary N) is 1. The number of carbonyl (C=O) groups excluding carboxylic acids is 1. The summed E-state index contributed by atoms with van der Waals surface area (Å²) in [7, 11) is 0. The van der Waals surface area contributed by atoms with Crippen LogP contribution in [-0.4, -0.2) is 10.9 Å². The monoisotopic (exact) mass is 508 g/mol. The van der Waals surface area contributed by atoms with Crippen molar-refractivity contribution in [1.82, 2.24) is 10.3 Å². The Morgan fingerprint density at radius 1 is 0.882 bits per heavy atom. The Morgan fingerprint density at radius 2 is 1.53 bits per heavy atom. The van der Waals surface area contributed by atoms with Crippen molar-refractivity contribution in [2.45, 2.75) is 24.8 Å². The fraction of sp³-hybridized carbons (Fsp3) is 0.182. The second-order valence-corrected chi connectivity index (χ2v) is 7.80. The van der Waals surface area contributed by atoms with Gasteiger partial charge in [0.25, 0.3) is 5.91 Å². The van der Waals surface area contributed by atoms with Crippen LogP contribution < -0.4 is 5.32 Å². The van der Waals surface area contributed by atoms with Gasteiger partial charge in [0.15, 0.2) is 0 Å². The molecule has 12 heteroatoms. The zero-order valence-corrected chi connectivity index (χ0v) is 17.7. The van der Waals surface area contributed by atoms with Gasteiger partial charge in [-0.3, -0.25) is 9.78 Å². The van der Waals surface area contributed by atoms with E-state index < -0.39 is 57.7 Å². The summed E-state index contributed by atoms with van der Waals surface area (Å²) in [5.74, 6) is -4.10. The highest BCUT2D eigenvalue weighted by Crippen LogP contribution is 2.36. The van der Waals surface area contributed by atoms with Gasteiger partial charge in [0, 0.05) is 11.8 Å². The number of benzene rings is 2. The highest BCUT2D eigenvalue weighted by Gasteiger charge is 2.39. The lowest BCUT2D eigenvalue weighted by atomic mass is 9.86. The molecule has 1 atom stereocenters. The lowest BCUT2D eigenvalue weighted by Crippen LogP contribution is -2.45. The van der Waals surface area contributed by atoms with Crippen LogP contribution >= 0.6 is 11.6 Å². The average molecular weight is 509 g/mol.